The van der Waals surface area contributed by atoms with Crippen LogP contribution in [0.1, 0.15) is 15.4 Å². The average molecular weight is 405 g/mol. The van der Waals surface area contributed by atoms with E-state index >= 15 is 0 Å². The van der Waals surface area contributed by atoms with Gasteiger partial charge in [0.2, 0.25) is 0 Å². The van der Waals surface area contributed by atoms with E-state index in [1.165, 1.54) is 12.1 Å². The summed E-state index contributed by atoms with van der Waals surface area (Å²) in [6.07, 6.45) is 0. The second-order valence-electron chi connectivity index (χ2n) is 5.98. The van der Waals surface area contributed by atoms with E-state index in [2.05, 4.69) is 10.4 Å². The van der Waals surface area contributed by atoms with Crippen molar-refractivity contribution in [1.82, 2.24) is 9.78 Å². The topological polar surface area (TPSA) is 46.9 Å². The number of thiophene rings is 1. The lowest BCUT2D eigenvalue weighted by atomic mass is 10.2. The van der Waals surface area contributed by atoms with Gasteiger partial charge in [-0.05, 0) is 49.4 Å². The van der Waals surface area contributed by atoms with Gasteiger partial charge in [0.1, 0.15) is 10.6 Å². The first kappa shape index (κ1) is 18.2. The molecule has 0 saturated heterocycles. The Bertz CT molecular complexity index is 1210. The van der Waals surface area contributed by atoms with Crippen LogP contribution in [0.15, 0.2) is 42.5 Å². The molecule has 28 heavy (non-hydrogen) atoms. The number of anilines is 1. The summed E-state index contributed by atoms with van der Waals surface area (Å²) in [6.45, 7) is 1.76. The van der Waals surface area contributed by atoms with Gasteiger partial charge in [-0.2, -0.15) is 5.10 Å². The number of benzene rings is 2. The Balaban J connectivity index is 1.70. The molecule has 0 spiro atoms. The van der Waals surface area contributed by atoms with Gasteiger partial charge in [0.15, 0.2) is 17.5 Å². The lowest BCUT2D eigenvalue weighted by Crippen LogP contribution is -2.12. The number of fused-ring (bicyclic) bond motifs is 1. The van der Waals surface area contributed by atoms with Gasteiger partial charge in [-0.15, -0.1) is 11.3 Å². The molecular formula is C19H11F4N3OS. The Morgan fingerprint density at radius 1 is 1.04 bits per heavy atom. The summed E-state index contributed by atoms with van der Waals surface area (Å²) in [6, 6.07) is 8.96. The minimum absolute atomic E-state index is 0.232. The van der Waals surface area contributed by atoms with Gasteiger partial charge in [0.05, 0.1) is 21.9 Å². The predicted octanol–water partition coefficient (Wildman–Crippen LogP) is 5.20. The lowest BCUT2D eigenvalue weighted by molar-refractivity contribution is 0.103. The second-order valence-corrected chi connectivity index (χ2v) is 7.01. The summed E-state index contributed by atoms with van der Waals surface area (Å²) in [5.41, 5.74) is 0.798. The van der Waals surface area contributed by atoms with Gasteiger partial charge < -0.3 is 5.32 Å². The number of hydrogen-bond acceptors (Lipinski definition) is 3. The molecule has 0 bridgehead atoms. The van der Waals surface area contributed by atoms with Crippen molar-refractivity contribution in [2.75, 3.05) is 5.32 Å². The fourth-order valence-electron chi connectivity index (χ4n) is 2.72. The summed E-state index contributed by atoms with van der Waals surface area (Å²) < 4.78 is 54.9. The summed E-state index contributed by atoms with van der Waals surface area (Å²) in [5, 5.41) is 7.33. The van der Waals surface area contributed by atoms with Crippen LogP contribution in [-0.2, 0) is 0 Å². The van der Waals surface area contributed by atoms with E-state index in [1.54, 1.807) is 29.8 Å². The Hall–Kier alpha value is -3.20. The number of aromatic nitrogens is 2. The SMILES string of the molecule is Cc1nn(-c2ccc(F)cc2)c2sc(C(=O)Nc3ccc(F)c(F)c3F)cc12. The molecule has 9 heteroatoms. The maximum atomic E-state index is 13.8. The number of amides is 1. The molecule has 2 heterocycles. The minimum Gasteiger partial charge on any atom is -0.319 e. The summed E-state index contributed by atoms with van der Waals surface area (Å²) in [5.74, 6) is -5.52. The minimum atomic E-state index is -1.66. The molecule has 0 radical (unpaired) electrons. The van der Waals surface area contributed by atoms with E-state index in [9.17, 15) is 22.4 Å². The Morgan fingerprint density at radius 2 is 1.75 bits per heavy atom. The Kier molecular flexibility index (Phi) is 4.38. The zero-order chi connectivity index (χ0) is 20.0. The van der Waals surface area contributed by atoms with Crippen LogP contribution in [0, 0.1) is 30.2 Å². The van der Waals surface area contributed by atoms with Crippen LogP contribution in [0.2, 0.25) is 0 Å². The third kappa shape index (κ3) is 3.03. The maximum absolute atomic E-state index is 13.8. The fourth-order valence-corrected chi connectivity index (χ4v) is 3.80. The quantitative estimate of drug-likeness (QED) is 0.376. The van der Waals surface area contributed by atoms with Crippen LogP contribution in [0.25, 0.3) is 15.9 Å². The third-order valence-corrected chi connectivity index (χ3v) is 5.23. The predicted molar refractivity (Wildman–Crippen MR) is 97.9 cm³/mol. The molecule has 0 aliphatic rings. The molecule has 0 atom stereocenters. The number of nitrogens with zero attached hydrogens (tertiary/aromatic N) is 2. The molecule has 2 aromatic heterocycles. The highest BCUT2D eigenvalue weighted by Gasteiger charge is 2.20. The van der Waals surface area contributed by atoms with Crippen LogP contribution in [0.3, 0.4) is 0 Å². The molecule has 4 aromatic rings. The largest absolute Gasteiger partial charge is 0.319 e. The molecule has 1 N–H and O–H groups in total. The molecule has 4 nitrogen and oxygen atoms in total. The molecule has 0 fully saturated rings. The van der Waals surface area contributed by atoms with E-state index in [0.29, 0.717) is 21.6 Å². The maximum Gasteiger partial charge on any atom is 0.265 e. The summed E-state index contributed by atoms with van der Waals surface area (Å²) in [7, 11) is 0. The van der Waals surface area contributed by atoms with Gasteiger partial charge in [-0.1, -0.05) is 0 Å². The van der Waals surface area contributed by atoms with Crippen molar-refractivity contribution >= 4 is 33.1 Å². The van der Waals surface area contributed by atoms with Gasteiger partial charge in [-0.3, -0.25) is 4.79 Å². The normalized spacial score (nSPS) is 11.2. The van der Waals surface area contributed by atoms with Crippen LogP contribution in [-0.4, -0.2) is 15.7 Å². The number of rotatable bonds is 3. The van der Waals surface area contributed by atoms with Crippen molar-refractivity contribution in [2.45, 2.75) is 6.92 Å². The second kappa shape index (κ2) is 6.75. The number of aryl methyl sites for hydroxylation is 1. The molecule has 4 rings (SSSR count). The zero-order valence-corrected chi connectivity index (χ0v) is 15.1. The molecule has 0 aliphatic heterocycles. The fraction of sp³-hybridized carbons (Fsp3) is 0.0526. The van der Waals surface area contributed by atoms with Gasteiger partial charge >= 0.3 is 0 Å². The highest BCUT2D eigenvalue weighted by atomic mass is 32.1. The smallest absolute Gasteiger partial charge is 0.265 e. The van der Waals surface area contributed by atoms with E-state index < -0.39 is 29.0 Å². The number of hydrogen-bond donors (Lipinski definition) is 1. The van der Waals surface area contributed by atoms with Crippen molar-refractivity contribution in [3.05, 3.63) is 76.3 Å². The number of halogens is 4. The van der Waals surface area contributed by atoms with Crippen LogP contribution in [0.4, 0.5) is 23.2 Å². The first-order valence-corrected chi connectivity index (χ1v) is 8.87. The number of carbonyl (C=O) groups is 1. The van der Waals surface area contributed by atoms with Gasteiger partial charge in [0.25, 0.3) is 5.91 Å². The van der Waals surface area contributed by atoms with Gasteiger partial charge in [0, 0.05) is 5.39 Å². The van der Waals surface area contributed by atoms with Crippen molar-refractivity contribution in [1.29, 1.82) is 0 Å². The van der Waals surface area contributed by atoms with E-state index in [4.69, 9.17) is 0 Å². The highest BCUT2D eigenvalue weighted by molar-refractivity contribution is 7.20. The van der Waals surface area contributed by atoms with Crippen molar-refractivity contribution in [2.24, 2.45) is 0 Å². The van der Waals surface area contributed by atoms with E-state index in [0.717, 1.165) is 23.5 Å². The molecule has 142 valence electrons. The summed E-state index contributed by atoms with van der Waals surface area (Å²) in [4.78, 5) is 13.3. The standard InChI is InChI=1S/C19H11F4N3OS/c1-9-12-8-15(18(27)24-14-7-6-13(21)16(22)17(14)23)28-19(12)26(25-9)11-4-2-10(20)3-5-11/h2-8H,1H3,(H,24,27). The first-order chi connectivity index (χ1) is 13.3. The Morgan fingerprint density at radius 3 is 2.46 bits per heavy atom. The van der Waals surface area contributed by atoms with Crippen molar-refractivity contribution in [3.63, 3.8) is 0 Å². The Labute approximate surface area is 160 Å². The number of carbonyl (C=O) groups excluding carboxylic acids is 1. The third-order valence-electron chi connectivity index (χ3n) is 4.12. The number of nitrogens with one attached hydrogen (secondary N) is 1. The average Bonchev–Trinajstić information content (AvgIpc) is 3.24. The van der Waals surface area contributed by atoms with Crippen molar-refractivity contribution < 1.29 is 22.4 Å². The van der Waals surface area contributed by atoms with Crippen molar-refractivity contribution in [3.8, 4) is 5.69 Å². The van der Waals surface area contributed by atoms with Crippen LogP contribution < -0.4 is 5.32 Å². The van der Waals surface area contributed by atoms with E-state index in [1.807, 2.05) is 0 Å². The monoisotopic (exact) mass is 405 g/mol. The van der Waals surface area contributed by atoms with Gasteiger partial charge in [-0.25, -0.2) is 22.2 Å². The molecule has 1 amide bonds. The zero-order valence-electron chi connectivity index (χ0n) is 14.3. The molecule has 0 aliphatic carbocycles. The molecule has 0 unspecified atom stereocenters. The van der Waals surface area contributed by atoms with Crippen LogP contribution in [0.5, 0.6) is 0 Å². The molecule has 0 saturated carbocycles. The van der Waals surface area contributed by atoms with Crippen LogP contribution >= 0.6 is 11.3 Å². The molecule has 2 aromatic carbocycles. The molecular weight excluding hydrogens is 394 g/mol. The first-order valence-electron chi connectivity index (χ1n) is 8.05. The summed E-state index contributed by atoms with van der Waals surface area (Å²) >= 11 is 1.09. The highest BCUT2D eigenvalue weighted by Crippen LogP contribution is 2.31. The lowest BCUT2D eigenvalue weighted by Gasteiger charge is -2.06. The van der Waals surface area contributed by atoms with E-state index in [-0.39, 0.29) is 10.7 Å².